The van der Waals surface area contributed by atoms with Gasteiger partial charge in [0, 0.05) is 77.9 Å². The fraction of sp³-hybridized carbons (Fsp3) is 0.378. The fourth-order valence-corrected chi connectivity index (χ4v) is 8.53. The van der Waals surface area contributed by atoms with Crippen LogP contribution in [-0.4, -0.2) is 53.7 Å². The zero-order chi connectivity index (χ0) is 38.6. The standard InChI is InChI=1S/C45H52N6O4/c1-5-42(52)50-29(3)27-38(36-11-7-9-13-40(36)50)46-33-17-15-32(16-18-33)45(55)49-25-23-31(24-26-49)44(54)48-35-21-19-34(20-22-35)47-39-28-30(4)51(43(53)6-2)41-14-10-8-12-37(39)41/h7-22,29-31,38-39,46-47H,5-6,23-28H2,1-4H3,(H,48,54)/t29-,30-,38+,39+/m0/s1. The van der Waals surface area contributed by atoms with E-state index < -0.39 is 0 Å². The van der Waals surface area contributed by atoms with E-state index in [-0.39, 0.29) is 53.7 Å². The Morgan fingerprint density at radius 3 is 1.51 bits per heavy atom. The maximum Gasteiger partial charge on any atom is 0.253 e. The van der Waals surface area contributed by atoms with E-state index >= 15 is 0 Å². The number of fused-ring (bicyclic) bond motifs is 2. The molecule has 0 aliphatic carbocycles. The lowest BCUT2D eigenvalue weighted by Gasteiger charge is -2.40. The van der Waals surface area contributed by atoms with Crippen LogP contribution in [0.4, 0.5) is 28.4 Å². The van der Waals surface area contributed by atoms with Crippen molar-refractivity contribution in [2.45, 2.75) is 90.4 Å². The number of hydrogen-bond donors (Lipinski definition) is 3. The van der Waals surface area contributed by atoms with Gasteiger partial charge in [0.25, 0.3) is 5.91 Å². The molecular formula is C45H52N6O4. The Morgan fingerprint density at radius 2 is 1.04 bits per heavy atom. The topological polar surface area (TPSA) is 114 Å². The van der Waals surface area contributed by atoms with Gasteiger partial charge < -0.3 is 30.7 Å². The number of nitrogens with zero attached hydrogens (tertiary/aromatic N) is 3. The molecule has 3 heterocycles. The fourth-order valence-electron chi connectivity index (χ4n) is 8.53. The van der Waals surface area contributed by atoms with Crippen molar-refractivity contribution in [3.05, 3.63) is 114 Å². The summed E-state index contributed by atoms with van der Waals surface area (Å²) in [6.45, 7) is 9.02. The molecule has 10 nitrogen and oxygen atoms in total. The van der Waals surface area contributed by atoms with Crippen LogP contribution in [0.5, 0.6) is 0 Å². The summed E-state index contributed by atoms with van der Waals surface area (Å²) in [6.07, 6.45) is 3.72. The summed E-state index contributed by atoms with van der Waals surface area (Å²) in [4.78, 5) is 57.9. The average molecular weight is 741 g/mol. The maximum atomic E-state index is 13.5. The third-order valence-electron chi connectivity index (χ3n) is 11.4. The second-order valence-electron chi connectivity index (χ2n) is 15.1. The van der Waals surface area contributed by atoms with Crippen LogP contribution in [0.25, 0.3) is 0 Å². The molecule has 0 saturated carbocycles. The van der Waals surface area contributed by atoms with Crippen LogP contribution in [-0.2, 0) is 14.4 Å². The zero-order valence-corrected chi connectivity index (χ0v) is 32.3. The molecule has 1 fully saturated rings. The highest BCUT2D eigenvalue weighted by Crippen LogP contribution is 2.41. The molecule has 0 unspecified atom stereocenters. The highest BCUT2D eigenvalue weighted by Gasteiger charge is 2.34. The number of amides is 4. The lowest BCUT2D eigenvalue weighted by Crippen LogP contribution is -2.44. The monoisotopic (exact) mass is 740 g/mol. The summed E-state index contributed by atoms with van der Waals surface area (Å²) in [6, 6.07) is 31.8. The summed E-state index contributed by atoms with van der Waals surface area (Å²) in [7, 11) is 0. The van der Waals surface area contributed by atoms with Crippen LogP contribution in [0, 0.1) is 5.92 Å². The van der Waals surface area contributed by atoms with E-state index in [0.717, 1.165) is 52.4 Å². The van der Waals surface area contributed by atoms with E-state index in [0.29, 0.717) is 44.3 Å². The lowest BCUT2D eigenvalue weighted by atomic mass is 9.91. The van der Waals surface area contributed by atoms with Gasteiger partial charge in [-0.25, -0.2) is 0 Å². The number of piperidine rings is 1. The molecule has 4 atom stereocenters. The Labute approximate surface area is 324 Å². The van der Waals surface area contributed by atoms with E-state index in [4.69, 9.17) is 0 Å². The number of para-hydroxylation sites is 2. The zero-order valence-electron chi connectivity index (χ0n) is 32.3. The maximum absolute atomic E-state index is 13.5. The molecule has 0 spiro atoms. The van der Waals surface area contributed by atoms with E-state index in [1.54, 1.807) is 0 Å². The van der Waals surface area contributed by atoms with E-state index in [2.05, 4.69) is 41.9 Å². The molecule has 1 saturated heterocycles. The van der Waals surface area contributed by atoms with Crippen molar-refractivity contribution < 1.29 is 19.2 Å². The highest BCUT2D eigenvalue weighted by molar-refractivity contribution is 5.97. The van der Waals surface area contributed by atoms with Crippen LogP contribution >= 0.6 is 0 Å². The first-order valence-electron chi connectivity index (χ1n) is 19.8. The molecule has 4 amide bonds. The van der Waals surface area contributed by atoms with E-state index in [1.807, 2.05) is 113 Å². The average Bonchev–Trinajstić information content (AvgIpc) is 3.21. The van der Waals surface area contributed by atoms with Crippen molar-refractivity contribution in [1.29, 1.82) is 0 Å². The molecule has 0 bridgehead atoms. The Hall–Kier alpha value is -5.64. The smallest absolute Gasteiger partial charge is 0.253 e. The van der Waals surface area contributed by atoms with Crippen LogP contribution in [0.1, 0.15) is 99.8 Å². The quantitative estimate of drug-likeness (QED) is 0.159. The summed E-state index contributed by atoms with van der Waals surface area (Å²) >= 11 is 0. The van der Waals surface area contributed by atoms with Crippen molar-refractivity contribution in [3.63, 3.8) is 0 Å². The second kappa shape index (κ2) is 16.4. The summed E-state index contributed by atoms with van der Waals surface area (Å²) in [5, 5.41) is 10.4. The number of likely N-dealkylation sites (tertiary alicyclic amines) is 1. The van der Waals surface area contributed by atoms with Crippen LogP contribution in [0.15, 0.2) is 97.1 Å². The Kier molecular flexibility index (Phi) is 11.2. The summed E-state index contributed by atoms with van der Waals surface area (Å²) in [5.74, 6) is 0.0265. The van der Waals surface area contributed by atoms with Gasteiger partial charge in [0.2, 0.25) is 17.7 Å². The Balaban J connectivity index is 0.901. The molecule has 4 aromatic rings. The minimum atomic E-state index is -0.174. The van der Waals surface area contributed by atoms with Gasteiger partial charge in [0.1, 0.15) is 0 Å². The SMILES string of the molecule is CCC(=O)N1c2ccccc2[C@H](Nc2ccc(NC(=O)C3CCN(C(=O)c4ccc(N[C@@H]5C[C@H](C)N(C(=O)CC)c6ccccc65)cc4)CC3)cc2)C[C@@H]1C. The van der Waals surface area contributed by atoms with E-state index in [9.17, 15) is 19.2 Å². The molecule has 286 valence electrons. The minimum absolute atomic E-state index is 0.0280. The van der Waals surface area contributed by atoms with Crippen molar-refractivity contribution in [3.8, 4) is 0 Å². The molecule has 3 aliphatic heterocycles. The largest absolute Gasteiger partial charge is 0.378 e. The van der Waals surface area contributed by atoms with Gasteiger partial charge in [-0.2, -0.15) is 0 Å². The first kappa shape index (κ1) is 37.7. The van der Waals surface area contributed by atoms with Crippen molar-refractivity contribution >= 4 is 52.1 Å². The van der Waals surface area contributed by atoms with Gasteiger partial charge in [0.15, 0.2) is 0 Å². The molecule has 3 aliphatic rings. The third kappa shape index (κ3) is 7.95. The second-order valence-corrected chi connectivity index (χ2v) is 15.1. The van der Waals surface area contributed by atoms with Crippen molar-refractivity contribution in [1.82, 2.24) is 4.90 Å². The predicted octanol–water partition coefficient (Wildman–Crippen LogP) is 8.55. The molecular weight excluding hydrogens is 689 g/mol. The number of rotatable bonds is 9. The van der Waals surface area contributed by atoms with Gasteiger partial charge in [-0.3, -0.25) is 19.2 Å². The lowest BCUT2D eigenvalue weighted by molar-refractivity contribution is -0.121. The number of carbonyl (C=O) groups is 4. The number of nitrogens with one attached hydrogen (secondary N) is 3. The van der Waals surface area contributed by atoms with Crippen molar-refractivity contribution in [2.75, 3.05) is 38.8 Å². The predicted molar refractivity (Wildman–Crippen MR) is 219 cm³/mol. The Bertz CT molecular complexity index is 2020. The molecule has 0 aromatic heterocycles. The Morgan fingerprint density at radius 1 is 0.600 bits per heavy atom. The summed E-state index contributed by atoms with van der Waals surface area (Å²) in [5.41, 5.74) is 7.34. The normalized spacial score (nSPS) is 20.9. The molecule has 55 heavy (non-hydrogen) atoms. The first-order chi connectivity index (χ1) is 26.6. The van der Waals surface area contributed by atoms with Crippen LogP contribution < -0.4 is 25.8 Å². The van der Waals surface area contributed by atoms with Gasteiger partial charge in [-0.15, -0.1) is 0 Å². The highest BCUT2D eigenvalue weighted by atomic mass is 16.2. The minimum Gasteiger partial charge on any atom is -0.378 e. The van der Waals surface area contributed by atoms with Gasteiger partial charge in [-0.1, -0.05) is 50.2 Å². The van der Waals surface area contributed by atoms with Crippen molar-refractivity contribution in [2.24, 2.45) is 5.92 Å². The molecule has 7 rings (SSSR count). The van der Waals surface area contributed by atoms with Gasteiger partial charge in [0.05, 0.1) is 12.1 Å². The first-order valence-corrected chi connectivity index (χ1v) is 19.8. The number of anilines is 5. The van der Waals surface area contributed by atoms with Crippen LogP contribution in [0.2, 0.25) is 0 Å². The molecule has 4 aromatic carbocycles. The summed E-state index contributed by atoms with van der Waals surface area (Å²) < 4.78 is 0. The molecule has 0 radical (unpaired) electrons. The number of carbonyl (C=O) groups excluding carboxylic acids is 4. The van der Waals surface area contributed by atoms with Gasteiger partial charge >= 0.3 is 0 Å². The third-order valence-corrected chi connectivity index (χ3v) is 11.4. The van der Waals surface area contributed by atoms with Crippen LogP contribution in [0.3, 0.4) is 0 Å². The van der Waals surface area contributed by atoms with Gasteiger partial charge in [-0.05, 0) is 111 Å². The van der Waals surface area contributed by atoms with E-state index in [1.165, 1.54) is 0 Å². The number of hydrogen-bond acceptors (Lipinski definition) is 6. The molecule has 3 N–H and O–H groups in total. The molecule has 10 heteroatoms. The number of benzene rings is 4.